The number of hydrogen-bond donors (Lipinski definition) is 1. The summed E-state index contributed by atoms with van der Waals surface area (Å²) in [5, 5.41) is 3.61. The standard InChI is InChI=1S/C12H9F2NO3S2/c13-8-3-4-9(14)10(6-8)15-11(16)7-20(17,18)12-2-1-5-19-12/h1-6H,7H2,(H,15,16). The molecule has 1 amide bonds. The lowest BCUT2D eigenvalue weighted by atomic mass is 10.3. The smallest absolute Gasteiger partial charge is 0.240 e. The topological polar surface area (TPSA) is 63.2 Å². The van der Waals surface area contributed by atoms with E-state index in [-0.39, 0.29) is 4.21 Å². The molecule has 1 heterocycles. The van der Waals surface area contributed by atoms with Gasteiger partial charge in [0.1, 0.15) is 21.6 Å². The Balaban J connectivity index is 2.12. The molecule has 0 aliphatic heterocycles. The normalized spacial score (nSPS) is 11.3. The summed E-state index contributed by atoms with van der Waals surface area (Å²) in [6, 6.07) is 5.44. The molecule has 0 atom stereocenters. The zero-order valence-electron chi connectivity index (χ0n) is 9.97. The number of sulfone groups is 1. The van der Waals surface area contributed by atoms with Crippen molar-refractivity contribution in [2.24, 2.45) is 0 Å². The highest BCUT2D eigenvalue weighted by atomic mass is 32.2. The van der Waals surface area contributed by atoms with Crippen LogP contribution in [0.25, 0.3) is 0 Å². The molecular formula is C12H9F2NO3S2. The van der Waals surface area contributed by atoms with E-state index in [1.807, 2.05) is 5.32 Å². The van der Waals surface area contributed by atoms with E-state index in [4.69, 9.17) is 0 Å². The molecule has 4 nitrogen and oxygen atoms in total. The minimum absolute atomic E-state index is 0.0485. The number of hydrogen-bond acceptors (Lipinski definition) is 4. The number of nitrogens with one attached hydrogen (secondary N) is 1. The number of anilines is 1. The molecule has 0 saturated heterocycles. The van der Waals surface area contributed by atoms with Gasteiger partial charge in [0.05, 0.1) is 5.69 Å². The fourth-order valence-electron chi connectivity index (χ4n) is 1.46. The summed E-state index contributed by atoms with van der Waals surface area (Å²) in [7, 11) is -3.77. The van der Waals surface area contributed by atoms with Gasteiger partial charge < -0.3 is 5.32 Å². The van der Waals surface area contributed by atoms with Gasteiger partial charge in [0, 0.05) is 6.07 Å². The van der Waals surface area contributed by atoms with Crippen LogP contribution >= 0.6 is 11.3 Å². The molecule has 106 valence electrons. The van der Waals surface area contributed by atoms with E-state index in [1.54, 1.807) is 11.4 Å². The van der Waals surface area contributed by atoms with Crippen molar-refractivity contribution < 1.29 is 22.0 Å². The van der Waals surface area contributed by atoms with E-state index in [9.17, 15) is 22.0 Å². The van der Waals surface area contributed by atoms with Crippen LogP contribution in [0.15, 0.2) is 39.9 Å². The molecule has 0 saturated carbocycles. The number of carbonyl (C=O) groups is 1. The van der Waals surface area contributed by atoms with Crippen molar-refractivity contribution in [3.05, 3.63) is 47.3 Å². The fraction of sp³-hybridized carbons (Fsp3) is 0.0833. The van der Waals surface area contributed by atoms with Gasteiger partial charge in [-0.15, -0.1) is 11.3 Å². The summed E-state index contributed by atoms with van der Waals surface area (Å²) in [4.78, 5) is 11.6. The maximum absolute atomic E-state index is 13.3. The van der Waals surface area contributed by atoms with Gasteiger partial charge in [0.2, 0.25) is 5.91 Å². The van der Waals surface area contributed by atoms with Gasteiger partial charge in [-0.1, -0.05) is 6.07 Å². The van der Waals surface area contributed by atoms with Crippen LogP contribution in [0.3, 0.4) is 0 Å². The monoisotopic (exact) mass is 317 g/mol. The van der Waals surface area contributed by atoms with Crippen LogP contribution in [0.4, 0.5) is 14.5 Å². The maximum Gasteiger partial charge on any atom is 0.240 e. The third-order valence-electron chi connectivity index (χ3n) is 2.33. The van der Waals surface area contributed by atoms with Crippen LogP contribution < -0.4 is 5.32 Å². The van der Waals surface area contributed by atoms with Crippen molar-refractivity contribution in [1.82, 2.24) is 0 Å². The predicted octanol–water partition coefficient (Wildman–Crippen LogP) is 2.44. The molecule has 1 aromatic carbocycles. The molecule has 0 aliphatic carbocycles. The Hall–Kier alpha value is -1.80. The highest BCUT2D eigenvalue weighted by Gasteiger charge is 2.21. The van der Waals surface area contributed by atoms with E-state index in [0.717, 1.165) is 29.5 Å². The first kappa shape index (κ1) is 14.6. The van der Waals surface area contributed by atoms with Crippen molar-refractivity contribution >= 4 is 32.8 Å². The summed E-state index contributed by atoms with van der Waals surface area (Å²) in [5.74, 6) is -3.33. The average Bonchev–Trinajstić information content (AvgIpc) is 2.87. The maximum atomic E-state index is 13.3. The Morgan fingerprint density at radius 1 is 1.25 bits per heavy atom. The quantitative estimate of drug-likeness (QED) is 0.942. The number of halogens is 2. The molecule has 1 aromatic heterocycles. The number of amides is 1. The Bertz CT molecular complexity index is 727. The second-order valence-electron chi connectivity index (χ2n) is 3.86. The lowest BCUT2D eigenvalue weighted by Gasteiger charge is -2.06. The molecule has 0 aliphatic rings. The zero-order chi connectivity index (χ0) is 14.8. The second kappa shape index (κ2) is 5.68. The molecule has 0 fully saturated rings. The van der Waals surface area contributed by atoms with Crippen molar-refractivity contribution in [3.8, 4) is 0 Å². The van der Waals surface area contributed by atoms with Gasteiger partial charge in [-0.2, -0.15) is 0 Å². The van der Waals surface area contributed by atoms with Crippen LogP contribution in [0.2, 0.25) is 0 Å². The molecule has 2 aromatic rings. The van der Waals surface area contributed by atoms with Gasteiger partial charge in [0.15, 0.2) is 9.84 Å². The van der Waals surface area contributed by atoms with Crippen molar-refractivity contribution in [2.75, 3.05) is 11.1 Å². The molecule has 0 unspecified atom stereocenters. The SMILES string of the molecule is O=C(CS(=O)(=O)c1cccs1)Nc1cc(F)ccc1F. The first-order valence-electron chi connectivity index (χ1n) is 5.39. The van der Waals surface area contributed by atoms with Gasteiger partial charge in [-0.05, 0) is 23.6 Å². The van der Waals surface area contributed by atoms with E-state index in [0.29, 0.717) is 0 Å². The molecule has 0 radical (unpaired) electrons. The van der Waals surface area contributed by atoms with Crippen molar-refractivity contribution in [1.29, 1.82) is 0 Å². The molecule has 0 bridgehead atoms. The van der Waals surface area contributed by atoms with E-state index in [2.05, 4.69) is 0 Å². The Kier molecular flexibility index (Phi) is 4.15. The van der Waals surface area contributed by atoms with Gasteiger partial charge in [-0.25, -0.2) is 17.2 Å². The van der Waals surface area contributed by atoms with E-state index >= 15 is 0 Å². The highest BCUT2D eigenvalue weighted by Crippen LogP contribution is 2.19. The molecule has 8 heteroatoms. The van der Waals surface area contributed by atoms with Crippen LogP contribution in [-0.2, 0) is 14.6 Å². The molecule has 1 N–H and O–H groups in total. The highest BCUT2D eigenvalue weighted by molar-refractivity contribution is 7.94. The predicted molar refractivity (Wildman–Crippen MR) is 71.4 cm³/mol. The molecule has 0 spiro atoms. The van der Waals surface area contributed by atoms with Gasteiger partial charge >= 0.3 is 0 Å². The van der Waals surface area contributed by atoms with Crippen LogP contribution in [0, 0.1) is 11.6 Å². The molecule has 2 rings (SSSR count). The minimum Gasteiger partial charge on any atom is -0.323 e. The third-order valence-corrected chi connectivity index (χ3v) is 5.43. The zero-order valence-corrected chi connectivity index (χ0v) is 11.6. The number of carbonyl (C=O) groups excluding carboxylic acids is 1. The lowest BCUT2D eigenvalue weighted by molar-refractivity contribution is -0.113. The van der Waals surface area contributed by atoms with Gasteiger partial charge in [0.25, 0.3) is 0 Å². The number of thiophene rings is 1. The lowest BCUT2D eigenvalue weighted by Crippen LogP contribution is -2.23. The number of benzene rings is 1. The van der Waals surface area contributed by atoms with E-state index < -0.39 is 38.8 Å². The third kappa shape index (κ3) is 3.40. The van der Waals surface area contributed by atoms with Crippen LogP contribution in [0.1, 0.15) is 0 Å². The molecular weight excluding hydrogens is 308 g/mol. The van der Waals surface area contributed by atoms with Crippen molar-refractivity contribution in [3.63, 3.8) is 0 Å². The molecule has 20 heavy (non-hydrogen) atoms. The van der Waals surface area contributed by atoms with Crippen LogP contribution in [0.5, 0.6) is 0 Å². The Morgan fingerprint density at radius 2 is 2.00 bits per heavy atom. The summed E-state index contributed by atoms with van der Waals surface area (Å²) >= 11 is 0.982. The van der Waals surface area contributed by atoms with Crippen LogP contribution in [-0.4, -0.2) is 20.1 Å². The Morgan fingerprint density at radius 3 is 2.65 bits per heavy atom. The number of rotatable bonds is 4. The average molecular weight is 317 g/mol. The summed E-state index contributed by atoms with van der Waals surface area (Å²) < 4.78 is 49.9. The minimum atomic E-state index is -3.77. The first-order valence-corrected chi connectivity index (χ1v) is 7.93. The summed E-state index contributed by atoms with van der Waals surface area (Å²) in [5.41, 5.74) is -0.392. The Labute approximate surface area is 118 Å². The first-order chi connectivity index (χ1) is 9.38. The van der Waals surface area contributed by atoms with Gasteiger partial charge in [-0.3, -0.25) is 4.79 Å². The fourth-order valence-corrected chi connectivity index (χ4v) is 3.69. The van der Waals surface area contributed by atoms with Crippen molar-refractivity contribution in [2.45, 2.75) is 4.21 Å². The largest absolute Gasteiger partial charge is 0.323 e. The second-order valence-corrected chi connectivity index (χ2v) is 7.03. The van der Waals surface area contributed by atoms with E-state index in [1.165, 1.54) is 6.07 Å². The summed E-state index contributed by atoms with van der Waals surface area (Å²) in [6.45, 7) is 0. The summed E-state index contributed by atoms with van der Waals surface area (Å²) in [6.07, 6.45) is 0.